The molecule has 1 N–H and O–H groups in total. The highest BCUT2D eigenvalue weighted by Gasteiger charge is 2.11. The number of carbonyl (C=O) groups excluding carboxylic acids is 1. The van der Waals surface area contributed by atoms with Gasteiger partial charge in [0.15, 0.2) is 0 Å². The molecule has 0 spiro atoms. The minimum Gasteiger partial charge on any atom is -0.351 e. The van der Waals surface area contributed by atoms with Crippen LogP contribution >= 0.6 is 11.6 Å². The summed E-state index contributed by atoms with van der Waals surface area (Å²) in [5, 5.41) is 6.85. The summed E-state index contributed by atoms with van der Waals surface area (Å²) < 4.78 is 4.83. The van der Waals surface area contributed by atoms with Crippen LogP contribution in [-0.2, 0) is 0 Å². The Morgan fingerprint density at radius 3 is 2.88 bits per heavy atom. The molecule has 1 amide bonds. The zero-order chi connectivity index (χ0) is 11.5. The van der Waals surface area contributed by atoms with Crippen LogP contribution in [0.15, 0.2) is 34.9 Å². The minimum absolute atomic E-state index is 0.178. The summed E-state index contributed by atoms with van der Waals surface area (Å²) in [4.78, 5) is 11.7. The highest BCUT2D eigenvalue weighted by Crippen LogP contribution is 2.16. The number of halogens is 1. The molecule has 0 aliphatic rings. The van der Waals surface area contributed by atoms with Crippen molar-refractivity contribution in [2.75, 3.05) is 5.32 Å². The monoisotopic (exact) mass is 236 g/mol. The van der Waals surface area contributed by atoms with Gasteiger partial charge in [-0.2, -0.15) is 0 Å². The molecule has 82 valence electrons. The van der Waals surface area contributed by atoms with E-state index < -0.39 is 0 Å². The van der Waals surface area contributed by atoms with Crippen LogP contribution in [0.25, 0.3) is 0 Å². The average Bonchev–Trinajstić information content (AvgIpc) is 2.65. The van der Waals surface area contributed by atoms with Gasteiger partial charge in [0.2, 0.25) is 5.76 Å². The molecule has 0 aliphatic heterocycles. The lowest BCUT2D eigenvalue weighted by Crippen LogP contribution is -2.10. The topological polar surface area (TPSA) is 55.1 Å². The normalized spacial score (nSPS) is 10.1. The molecule has 1 aromatic heterocycles. The van der Waals surface area contributed by atoms with Gasteiger partial charge >= 0.3 is 0 Å². The van der Waals surface area contributed by atoms with Crippen molar-refractivity contribution < 1.29 is 9.32 Å². The standard InChI is InChI=1S/C11H9ClN2O2/c1-7-5-10(16-14-7)11(15)13-9-4-2-3-8(12)6-9/h2-6H,1H3,(H,13,15). The van der Waals surface area contributed by atoms with E-state index in [1.54, 1.807) is 37.3 Å². The van der Waals surface area contributed by atoms with Crippen LogP contribution in [0.4, 0.5) is 5.69 Å². The second-order valence-corrected chi connectivity index (χ2v) is 3.73. The summed E-state index contributed by atoms with van der Waals surface area (Å²) >= 11 is 5.79. The van der Waals surface area contributed by atoms with Crippen molar-refractivity contribution in [3.8, 4) is 0 Å². The number of aromatic nitrogens is 1. The predicted molar refractivity (Wildman–Crippen MR) is 60.6 cm³/mol. The number of nitrogens with zero attached hydrogens (tertiary/aromatic N) is 1. The summed E-state index contributed by atoms with van der Waals surface area (Å²) in [6.07, 6.45) is 0. The third-order valence-electron chi connectivity index (χ3n) is 1.93. The van der Waals surface area contributed by atoms with Crippen molar-refractivity contribution in [3.63, 3.8) is 0 Å². The van der Waals surface area contributed by atoms with E-state index >= 15 is 0 Å². The Balaban J connectivity index is 2.13. The number of rotatable bonds is 2. The smallest absolute Gasteiger partial charge is 0.294 e. The maximum absolute atomic E-state index is 11.7. The van der Waals surface area contributed by atoms with Gasteiger partial charge in [-0.05, 0) is 25.1 Å². The second kappa shape index (κ2) is 4.37. The molecule has 0 bridgehead atoms. The zero-order valence-electron chi connectivity index (χ0n) is 8.53. The molecular formula is C11H9ClN2O2. The molecule has 2 aromatic rings. The van der Waals surface area contributed by atoms with Crippen molar-refractivity contribution in [3.05, 3.63) is 46.8 Å². The molecule has 1 heterocycles. The maximum atomic E-state index is 11.7. The first-order valence-electron chi connectivity index (χ1n) is 4.65. The van der Waals surface area contributed by atoms with Gasteiger partial charge in [0.1, 0.15) is 0 Å². The molecule has 4 nitrogen and oxygen atoms in total. The molecule has 16 heavy (non-hydrogen) atoms. The lowest BCUT2D eigenvalue weighted by Gasteiger charge is -2.02. The predicted octanol–water partition coefficient (Wildman–Crippen LogP) is 2.89. The molecule has 2 rings (SSSR count). The molecule has 0 fully saturated rings. The molecular weight excluding hydrogens is 228 g/mol. The third kappa shape index (κ3) is 2.41. The average molecular weight is 237 g/mol. The van der Waals surface area contributed by atoms with E-state index in [0.717, 1.165) is 0 Å². The molecule has 5 heteroatoms. The lowest BCUT2D eigenvalue weighted by molar-refractivity contribution is 0.0988. The van der Waals surface area contributed by atoms with Crippen molar-refractivity contribution in [2.45, 2.75) is 6.92 Å². The fourth-order valence-corrected chi connectivity index (χ4v) is 1.42. The van der Waals surface area contributed by atoms with Crippen LogP contribution in [0.3, 0.4) is 0 Å². The summed E-state index contributed by atoms with van der Waals surface area (Å²) in [6.45, 7) is 1.75. The van der Waals surface area contributed by atoms with E-state index in [2.05, 4.69) is 10.5 Å². The first kappa shape index (κ1) is 10.7. The zero-order valence-corrected chi connectivity index (χ0v) is 9.28. The van der Waals surface area contributed by atoms with Gasteiger partial charge in [-0.25, -0.2) is 0 Å². The summed E-state index contributed by atoms with van der Waals surface area (Å²) in [7, 11) is 0. The first-order valence-corrected chi connectivity index (χ1v) is 5.03. The fourth-order valence-electron chi connectivity index (χ4n) is 1.23. The van der Waals surface area contributed by atoms with Crippen LogP contribution in [0, 0.1) is 6.92 Å². The fraction of sp³-hybridized carbons (Fsp3) is 0.0909. The van der Waals surface area contributed by atoms with Crippen molar-refractivity contribution in [2.24, 2.45) is 0 Å². The largest absolute Gasteiger partial charge is 0.351 e. The Morgan fingerprint density at radius 1 is 1.44 bits per heavy atom. The van der Waals surface area contributed by atoms with E-state index in [9.17, 15) is 4.79 Å². The number of hydrogen-bond donors (Lipinski definition) is 1. The number of anilines is 1. The van der Waals surface area contributed by atoms with Gasteiger partial charge in [0.05, 0.1) is 5.69 Å². The Kier molecular flexibility index (Phi) is 2.92. The van der Waals surface area contributed by atoms with E-state index in [1.807, 2.05) is 0 Å². The Morgan fingerprint density at radius 2 is 2.25 bits per heavy atom. The van der Waals surface area contributed by atoms with Crippen molar-refractivity contribution in [1.82, 2.24) is 5.16 Å². The number of benzene rings is 1. The lowest BCUT2D eigenvalue weighted by atomic mass is 10.3. The summed E-state index contributed by atoms with van der Waals surface area (Å²) in [5.41, 5.74) is 1.28. The van der Waals surface area contributed by atoms with Crippen molar-refractivity contribution >= 4 is 23.2 Å². The van der Waals surface area contributed by atoms with Crippen LogP contribution < -0.4 is 5.32 Å². The van der Waals surface area contributed by atoms with Crippen LogP contribution in [0.5, 0.6) is 0 Å². The molecule has 1 aromatic carbocycles. The van der Waals surface area contributed by atoms with Gasteiger partial charge in [-0.15, -0.1) is 0 Å². The quantitative estimate of drug-likeness (QED) is 0.872. The van der Waals surface area contributed by atoms with Gasteiger partial charge in [-0.3, -0.25) is 4.79 Å². The van der Waals surface area contributed by atoms with Crippen LogP contribution in [0.2, 0.25) is 5.02 Å². The Bertz CT molecular complexity index is 522. The highest BCUT2D eigenvalue weighted by atomic mass is 35.5. The SMILES string of the molecule is Cc1cc(C(=O)Nc2cccc(Cl)c2)on1. The van der Waals surface area contributed by atoms with E-state index in [4.69, 9.17) is 16.1 Å². The van der Waals surface area contributed by atoms with Gasteiger partial charge in [0.25, 0.3) is 5.91 Å². The van der Waals surface area contributed by atoms with E-state index in [1.165, 1.54) is 0 Å². The number of hydrogen-bond acceptors (Lipinski definition) is 3. The van der Waals surface area contributed by atoms with Gasteiger partial charge < -0.3 is 9.84 Å². The summed E-state index contributed by atoms with van der Waals surface area (Å²) in [5.74, 6) is -0.166. The number of aryl methyl sites for hydroxylation is 1. The van der Waals surface area contributed by atoms with Gasteiger partial charge in [0, 0.05) is 16.8 Å². The van der Waals surface area contributed by atoms with Crippen molar-refractivity contribution in [1.29, 1.82) is 0 Å². The number of nitrogens with one attached hydrogen (secondary N) is 1. The molecule has 0 atom stereocenters. The van der Waals surface area contributed by atoms with Crippen LogP contribution in [-0.4, -0.2) is 11.1 Å². The number of carbonyl (C=O) groups is 1. The Hall–Kier alpha value is -1.81. The van der Waals surface area contributed by atoms with Crippen LogP contribution in [0.1, 0.15) is 16.2 Å². The number of amides is 1. The molecule has 0 aliphatic carbocycles. The molecule has 0 saturated carbocycles. The van der Waals surface area contributed by atoms with E-state index in [-0.39, 0.29) is 11.7 Å². The van der Waals surface area contributed by atoms with Gasteiger partial charge in [-0.1, -0.05) is 22.8 Å². The highest BCUT2D eigenvalue weighted by molar-refractivity contribution is 6.30. The maximum Gasteiger partial charge on any atom is 0.294 e. The molecule has 0 radical (unpaired) electrons. The van der Waals surface area contributed by atoms with E-state index in [0.29, 0.717) is 16.4 Å². The summed E-state index contributed by atoms with van der Waals surface area (Å²) in [6, 6.07) is 8.45. The Labute approximate surface area is 97.2 Å². The first-order chi connectivity index (χ1) is 7.65. The minimum atomic E-state index is -0.345. The molecule has 0 unspecified atom stereocenters. The molecule has 0 saturated heterocycles. The second-order valence-electron chi connectivity index (χ2n) is 3.30. The third-order valence-corrected chi connectivity index (χ3v) is 2.17.